The van der Waals surface area contributed by atoms with Crippen molar-refractivity contribution in [3.63, 3.8) is 0 Å². The molecule has 0 radical (unpaired) electrons. The number of benzene rings is 3. The van der Waals surface area contributed by atoms with Gasteiger partial charge < -0.3 is 5.32 Å². The van der Waals surface area contributed by atoms with Gasteiger partial charge in [0.15, 0.2) is 5.82 Å². The molecule has 30 heavy (non-hydrogen) atoms. The molecule has 0 saturated carbocycles. The van der Waals surface area contributed by atoms with Crippen molar-refractivity contribution in [2.24, 2.45) is 0 Å². The number of hydrogen-bond acceptors (Lipinski definition) is 4. The van der Waals surface area contributed by atoms with E-state index < -0.39 is 5.82 Å². The van der Waals surface area contributed by atoms with Crippen LogP contribution >= 0.6 is 0 Å². The van der Waals surface area contributed by atoms with Crippen molar-refractivity contribution in [2.75, 3.05) is 5.32 Å². The fraction of sp³-hybridized carbons (Fsp3) is 0.130. The Hall–Kier alpha value is -3.87. The number of carbonyl (C=O) groups excluding carboxylic acids is 1. The first-order valence-corrected chi connectivity index (χ1v) is 9.56. The molecule has 3 aromatic carbocycles. The molecule has 0 aliphatic carbocycles. The summed E-state index contributed by atoms with van der Waals surface area (Å²) in [6.07, 6.45) is 0.255. The van der Waals surface area contributed by atoms with E-state index in [1.807, 2.05) is 60.7 Å². The molecule has 1 amide bonds. The molecule has 0 bridgehead atoms. The topological polar surface area (TPSA) is 72.7 Å². The van der Waals surface area contributed by atoms with Gasteiger partial charge in [0.1, 0.15) is 11.5 Å². The summed E-state index contributed by atoms with van der Waals surface area (Å²) in [4.78, 5) is 12.9. The molecule has 7 heteroatoms. The van der Waals surface area contributed by atoms with Crippen LogP contribution in [0.1, 0.15) is 29.3 Å². The fourth-order valence-corrected chi connectivity index (χ4v) is 3.40. The standard InChI is InChI=1S/C23H20FN5O/c1-16-26-27-28-29(16)22-14-19(12-13-21(22)24)25-23(30)15-20(17-8-4-2-5-9-17)18-10-6-3-7-11-18/h2-14,20H,15H2,1H3,(H,25,30). The van der Waals surface area contributed by atoms with Gasteiger partial charge in [-0.05, 0) is 46.7 Å². The van der Waals surface area contributed by atoms with Crippen molar-refractivity contribution in [1.29, 1.82) is 0 Å². The van der Waals surface area contributed by atoms with Crippen LogP contribution in [0.25, 0.3) is 5.69 Å². The van der Waals surface area contributed by atoms with Crippen LogP contribution in [0, 0.1) is 12.7 Å². The number of hydrogen-bond donors (Lipinski definition) is 1. The monoisotopic (exact) mass is 401 g/mol. The number of nitrogens with one attached hydrogen (secondary N) is 1. The first-order chi connectivity index (χ1) is 14.6. The van der Waals surface area contributed by atoms with Gasteiger partial charge in [0.05, 0.1) is 0 Å². The van der Waals surface area contributed by atoms with E-state index in [4.69, 9.17) is 0 Å². The lowest BCUT2D eigenvalue weighted by molar-refractivity contribution is -0.116. The number of anilines is 1. The second-order valence-electron chi connectivity index (χ2n) is 6.93. The second kappa shape index (κ2) is 8.65. The Morgan fingerprint density at radius 1 is 1.00 bits per heavy atom. The average molecular weight is 401 g/mol. The molecular formula is C23H20FN5O. The van der Waals surface area contributed by atoms with E-state index in [1.165, 1.54) is 22.9 Å². The number of aryl methyl sites for hydroxylation is 1. The van der Waals surface area contributed by atoms with Crippen LogP contribution in [0.4, 0.5) is 10.1 Å². The van der Waals surface area contributed by atoms with Crippen LogP contribution in [-0.4, -0.2) is 26.1 Å². The average Bonchev–Trinajstić information content (AvgIpc) is 3.20. The van der Waals surface area contributed by atoms with E-state index in [0.717, 1.165) is 11.1 Å². The van der Waals surface area contributed by atoms with Crippen LogP contribution in [0.2, 0.25) is 0 Å². The zero-order chi connectivity index (χ0) is 20.9. The Kier molecular flexibility index (Phi) is 5.61. The Bertz CT molecular complexity index is 1110. The minimum Gasteiger partial charge on any atom is -0.326 e. The summed E-state index contributed by atoms with van der Waals surface area (Å²) in [6.45, 7) is 1.68. The SMILES string of the molecule is Cc1nnnn1-c1cc(NC(=O)CC(c2ccccc2)c2ccccc2)ccc1F. The molecule has 1 N–H and O–H groups in total. The molecule has 150 valence electrons. The van der Waals surface area contributed by atoms with Gasteiger partial charge in [-0.2, -0.15) is 4.68 Å². The van der Waals surface area contributed by atoms with E-state index in [0.29, 0.717) is 11.5 Å². The van der Waals surface area contributed by atoms with E-state index in [9.17, 15) is 9.18 Å². The van der Waals surface area contributed by atoms with Crippen LogP contribution in [-0.2, 0) is 4.79 Å². The van der Waals surface area contributed by atoms with Gasteiger partial charge in [-0.15, -0.1) is 5.10 Å². The zero-order valence-electron chi connectivity index (χ0n) is 16.4. The van der Waals surface area contributed by atoms with Crippen LogP contribution in [0.5, 0.6) is 0 Å². The summed E-state index contributed by atoms with van der Waals surface area (Å²) in [6, 6.07) is 24.2. The molecule has 0 fully saturated rings. The van der Waals surface area contributed by atoms with Crippen molar-refractivity contribution >= 4 is 11.6 Å². The van der Waals surface area contributed by atoms with Crippen molar-refractivity contribution in [1.82, 2.24) is 20.2 Å². The summed E-state index contributed by atoms with van der Waals surface area (Å²) in [5.41, 5.74) is 2.77. The summed E-state index contributed by atoms with van der Waals surface area (Å²) < 4.78 is 15.6. The third-order valence-electron chi connectivity index (χ3n) is 4.88. The molecule has 4 rings (SSSR count). The first-order valence-electron chi connectivity index (χ1n) is 9.56. The number of tetrazole rings is 1. The molecule has 0 saturated heterocycles. The molecule has 0 atom stereocenters. The number of nitrogens with zero attached hydrogens (tertiary/aromatic N) is 4. The predicted molar refractivity (Wildman–Crippen MR) is 112 cm³/mol. The third-order valence-corrected chi connectivity index (χ3v) is 4.88. The summed E-state index contributed by atoms with van der Waals surface area (Å²) in [5, 5.41) is 14.0. The first kappa shape index (κ1) is 19.4. The molecule has 1 heterocycles. The fourth-order valence-electron chi connectivity index (χ4n) is 3.40. The molecule has 0 aliphatic rings. The second-order valence-corrected chi connectivity index (χ2v) is 6.93. The molecule has 0 unspecified atom stereocenters. The van der Waals surface area contributed by atoms with E-state index in [2.05, 4.69) is 20.8 Å². The maximum atomic E-state index is 14.3. The zero-order valence-corrected chi connectivity index (χ0v) is 16.4. The maximum Gasteiger partial charge on any atom is 0.225 e. The quantitative estimate of drug-likeness (QED) is 0.524. The van der Waals surface area contributed by atoms with Gasteiger partial charge in [0.25, 0.3) is 0 Å². The molecule has 1 aromatic heterocycles. The maximum absolute atomic E-state index is 14.3. The minimum atomic E-state index is -0.477. The predicted octanol–water partition coefficient (Wildman–Crippen LogP) is 4.27. The van der Waals surface area contributed by atoms with E-state index >= 15 is 0 Å². The lowest BCUT2D eigenvalue weighted by Crippen LogP contribution is -2.17. The van der Waals surface area contributed by atoms with Crippen molar-refractivity contribution in [3.8, 4) is 5.69 Å². The van der Waals surface area contributed by atoms with Gasteiger partial charge in [0.2, 0.25) is 5.91 Å². The number of halogens is 1. The van der Waals surface area contributed by atoms with Crippen LogP contribution in [0.3, 0.4) is 0 Å². The molecular weight excluding hydrogens is 381 g/mol. The lowest BCUT2D eigenvalue weighted by Gasteiger charge is -2.18. The van der Waals surface area contributed by atoms with Crippen molar-refractivity contribution in [2.45, 2.75) is 19.3 Å². The van der Waals surface area contributed by atoms with Gasteiger partial charge in [-0.1, -0.05) is 60.7 Å². The molecule has 6 nitrogen and oxygen atoms in total. The Morgan fingerprint density at radius 3 is 2.20 bits per heavy atom. The normalized spacial score (nSPS) is 10.9. The Labute approximate surface area is 173 Å². The Morgan fingerprint density at radius 2 is 1.63 bits per heavy atom. The lowest BCUT2D eigenvalue weighted by atomic mass is 9.88. The van der Waals surface area contributed by atoms with Gasteiger partial charge in [-0.3, -0.25) is 4.79 Å². The summed E-state index contributed by atoms with van der Waals surface area (Å²) in [5.74, 6) is -0.284. The third kappa shape index (κ3) is 4.25. The highest BCUT2D eigenvalue weighted by Gasteiger charge is 2.19. The van der Waals surface area contributed by atoms with Gasteiger partial charge in [-0.25, -0.2) is 4.39 Å². The highest BCUT2D eigenvalue weighted by Crippen LogP contribution is 2.28. The Balaban J connectivity index is 1.57. The van der Waals surface area contributed by atoms with Gasteiger partial charge >= 0.3 is 0 Å². The number of carbonyl (C=O) groups is 1. The highest BCUT2D eigenvalue weighted by atomic mass is 19.1. The smallest absolute Gasteiger partial charge is 0.225 e. The molecule has 0 spiro atoms. The molecule has 0 aliphatic heterocycles. The summed E-state index contributed by atoms with van der Waals surface area (Å²) >= 11 is 0. The highest BCUT2D eigenvalue weighted by molar-refractivity contribution is 5.91. The van der Waals surface area contributed by atoms with Crippen LogP contribution < -0.4 is 5.32 Å². The number of amides is 1. The number of aromatic nitrogens is 4. The van der Waals surface area contributed by atoms with E-state index in [1.54, 1.807) is 6.92 Å². The summed E-state index contributed by atoms with van der Waals surface area (Å²) in [7, 11) is 0. The molecule has 4 aromatic rings. The largest absolute Gasteiger partial charge is 0.326 e. The van der Waals surface area contributed by atoms with Crippen molar-refractivity contribution in [3.05, 3.63) is 102 Å². The van der Waals surface area contributed by atoms with Crippen molar-refractivity contribution < 1.29 is 9.18 Å². The number of rotatable bonds is 6. The van der Waals surface area contributed by atoms with Crippen LogP contribution in [0.15, 0.2) is 78.9 Å². The van der Waals surface area contributed by atoms with E-state index in [-0.39, 0.29) is 23.9 Å². The van der Waals surface area contributed by atoms with Gasteiger partial charge in [0, 0.05) is 18.0 Å². The minimum absolute atomic E-state index is 0.0888.